The van der Waals surface area contributed by atoms with Gasteiger partial charge in [-0.25, -0.2) is 0 Å². The number of pyridine rings is 1. The first-order chi connectivity index (χ1) is 4.83. The van der Waals surface area contributed by atoms with Crippen LogP contribution in [0.5, 0.6) is 0 Å². The van der Waals surface area contributed by atoms with E-state index in [9.17, 15) is 4.79 Å². The Balaban J connectivity index is 2.95. The molecule has 0 amide bonds. The van der Waals surface area contributed by atoms with E-state index in [0.29, 0.717) is 6.42 Å². The molecule has 10 heavy (non-hydrogen) atoms. The molecule has 1 aromatic rings. The molecule has 0 saturated heterocycles. The molecule has 0 saturated carbocycles. The zero-order valence-corrected chi connectivity index (χ0v) is 5.55. The van der Waals surface area contributed by atoms with Crippen molar-refractivity contribution in [1.82, 2.24) is 4.98 Å². The normalized spacial score (nSPS) is 9.20. The lowest BCUT2D eigenvalue weighted by Crippen LogP contribution is -2.05. The van der Waals surface area contributed by atoms with Crippen LogP contribution in [0.1, 0.15) is 5.69 Å². The second-order valence-electron chi connectivity index (χ2n) is 1.94. The molecule has 1 rings (SSSR count). The van der Waals surface area contributed by atoms with Crippen LogP contribution in [-0.4, -0.2) is 4.98 Å². The van der Waals surface area contributed by atoms with Crippen LogP contribution in [-0.2, 0) is 6.42 Å². The lowest BCUT2D eigenvalue weighted by atomic mass is 10.3. The second kappa shape index (κ2) is 3.01. The highest BCUT2D eigenvalue weighted by atomic mass is 16.1. The molecule has 1 radical (unpaired) electrons. The van der Waals surface area contributed by atoms with Crippen molar-refractivity contribution in [2.24, 2.45) is 0 Å². The molecular weight excluding hydrogens is 126 g/mol. The molecule has 1 aromatic heterocycles. The second-order valence-corrected chi connectivity index (χ2v) is 1.94. The van der Waals surface area contributed by atoms with Gasteiger partial charge in [-0.15, -0.1) is 6.58 Å². The lowest BCUT2D eigenvalue weighted by Gasteiger charge is -1.91. The number of allylic oxidation sites excluding steroid dienone is 1. The Bertz CT molecular complexity index is 275. The average Bonchev–Trinajstić information content (AvgIpc) is 1.88. The van der Waals surface area contributed by atoms with Gasteiger partial charge in [-0.3, -0.25) is 4.79 Å². The molecule has 51 valence electrons. The monoisotopic (exact) mass is 134 g/mol. The fraction of sp³-hybridized carbons (Fsp3) is 0.125. The van der Waals surface area contributed by atoms with Gasteiger partial charge in [0, 0.05) is 24.2 Å². The Labute approximate surface area is 59.2 Å². The number of hydrogen-bond acceptors (Lipinski definition) is 1. The number of nitrogens with one attached hydrogen (secondary N) is 1. The molecule has 0 spiro atoms. The summed E-state index contributed by atoms with van der Waals surface area (Å²) < 4.78 is 0. The minimum Gasteiger partial charge on any atom is -0.325 e. The van der Waals surface area contributed by atoms with Gasteiger partial charge in [0.05, 0.1) is 0 Å². The Kier molecular flexibility index (Phi) is 2.05. The van der Waals surface area contributed by atoms with Gasteiger partial charge in [-0.2, -0.15) is 0 Å². The molecule has 0 aliphatic rings. The van der Waals surface area contributed by atoms with E-state index < -0.39 is 0 Å². The molecule has 0 bridgehead atoms. The summed E-state index contributed by atoms with van der Waals surface area (Å²) in [4.78, 5) is 13.3. The SMILES string of the molecule is C=CCc1[c]ccc(=O)[nH]1. The fourth-order valence-corrected chi connectivity index (χ4v) is 0.699. The van der Waals surface area contributed by atoms with Crippen molar-refractivity contribution in [2.75, 3.05) is 0 Å². The summed E-state index contributed by atoms with van der Waals surface area (Å²) in [6.07, 6.45) is 2.39. The highest BCUT2D eigenvalue weighted by Gasteiger charge is 1.87. The van der Waals surface area contributed by atoms with Gasteiger partial charge in [0.15, 0.2) is 0 Å². The van der Waals surface area contributed by atoms with E-state index in [1.165, 1.54) is 6.07 Å². The first-order valence-electron chi connectivity index (χ1n) is 3.03. The van der Waals surface area contributed by atoms with Crippen LogP contribution in [0.15, 0.2) is 29.6 Å². The number of rotatable bonds is 2. The van der Waals surface area contributed by atoms with Crippen molar-refractivity contribution in [2.45, 2.75) is 6.42 Å². The van der Waals surface area contributed by atoms with Crippen LogP contribution in [0, 0.1) is 6.07 Å². The molecule has 0 fully saturated rings. The predicted molar refractivity (Wildman–Crippen MR) is 39.8 cm³/mol. The van der Waals surface area contributed by atoms with E-state index >= 15 is 0 Å². The third kappa shape index (κ3) is 1.58. The van der Waals surface area contributed by atoms with E-state index in [1.54, 1.807) is 12.1 Å². The van der Waals surface area contributed by atoms with Crippen LogP contribution in [0.2, 0.25) is 0 Å². The number of H-pyrrole nitrogens is 1. The van der Waals surface area contributed by atoms with Crippen molar-refractivity contribution < 1.29 is 0 Å². The summed E-state index contributed by atoms with van der Waals surface area (Å²) >= 11 is 0. The Morgan fingerprint density at radius 2 is 2.60 bits per heavy atom. The minimum absolute atomic E-state index is 0.0874. The van der Waals surface area contributed by atoms with E-state index in [1.807, 2.05) is 0 Å². The number of aromatic amines is 1. The number of hydrogen-bond donors (Lipinski definition) is 1. The Morgan fingerprint density at radius 3 is 3.20 bits per heavy atom. The molecule has 1 heterocycles. The topological polar surface area (TPSA) is 32.9 Å². The maximum Gasteiger partial charge on any atom is 0.248 e. The summed E-state index contributed by atoms with van der Waals surface area (Å²) in [5, 5.41) is 0. The molecule has 0 aliphatic carbocycles. The Morgan fingerprint density at radius 1 is 1.80 bits per heavy atom. The summed E-state index contributed by atoms with van der Waals surface area (Å²) in [5.74, 6) is 0. The van der Waals surface area contributed by atoms with E-state index in [4.69, 9.17) is 0 Å². The fourth-order valence-electron chi connectivity index (χ4n) is 0.699. The lowest BCUT2D eigenvalue weighted by molar-refractivity contribution is 1.07. The van der Waals surface area contributed by atoms with Crippen LogP contribution in [0.25, 0.3) is 0 Å². The molecule has 0 aromatic carbocycles. The van der Waals surface area contributed by atoms with Crippen molar-refractivity contribution in [1.29, 1.82) is 0 Å². The van der Waals surface area contributed by atoms with Crippen molar-refractivity contribution in [3.63, 3.8) is 0 Å². The summed E-state index contributed by atoms with van der Waals surface area (Å²) in [5.41, 5.74) is 0.693. The van der Waals surface area contributed by atoms with Crippen LogP contribution >= 0.6 is 0 Å². The molecule has 1 N–H and O–H groups in total. The van der Waals surface area contributed by atoms with Gasteiger partial charge >= 0.3 is 0 Å². The molecule has 0 aliphatic heterocycles. The van der Waals surface area contributed by atoms with Crippen molar-refractivity contribution in [3.05, 3.63) is 46.9 Å². The minimum atomic E-state index is -0.0874. The molecule has 0 atom stereocenters. The smallest absolute Gasteiger partial charge is 0.248 e. The average molecular weight is 134 g/mol. The van der Waals surface area contributed by atoms with Crippen LogP contribution < -0.4 is 5.56 Å². The van der Waals surface area contributed by atoms with Crippen LogP contribution in [0.3, 0.4) is 0 Å². The summed E-state index contributed by atoms with van der Waals surface area (Å²) in [6, 6.07) is 5.93. The van der Waals surface area contributed by atoms with Gasteiger partial charge in [0.1, 0.15) is 0 Å². The highest BCUT2D eigenvalue weighted by molar-refractivity contribution is 5.04. The maximum absolute atomic E-state index is 10.7. The van der Waals surface area contributed by atoms with Crippen molar-refractivity contribution in [3.8, 4) is 0 Å². The van der Waals surface area contributed by atoms with Gasteiger partial charge in [0.25, 0.3) is 0 Å². The third-order valence-electron chi connectivity index (χ3n) is 1.11. The zero-order valence-electron chi connectivity index (χ0n) is 5.55. The first-order valence-corrected chi connectivity index (χ1v) is 3.03. The molecular formula is C8H8NO. The quantitative estimate of drug-likeness (QED) is 0.599. The van der Waals surface area contributed by atoms with Gasteiger partial charge < -0.3 is 4.98 Å². The highest BCUT2D eigenvalue weighted by Crippen LogP contribution is 1.89. The van der Waals surface area contributed by atoms with Crippen LogP contribution in [0.4, 0.5) is 0 Å². The standard InChI is InChI=1S/C8H8NO/c1-2-4-7-5-3-6-8(10)9-7/h2-3,6H,1,4H2,(H,9,10). The first kappa shape index (κ1) is 6.81. The zero-order chi connectivity index (χ0) is 7.40. The third-order valence-corrected chi connectivity index (χ3v) is 1.11. The molecule has 0 unspecified atom stereocenters. The van der Waals surface area contributed by atoms with E-state index in [0.717, 1.165) is 5.69 Å². The van der Waals surface area contributed by atoms with Gasteiger partial charge in [-0.05, 0) is 6.07 Å². The summed E-state index contributed by atoms with van der Waals surface area (Å²) in [6.45, 7) is 3.54. The maximum atomic E-state index is 10.7. The van der Waals surface area contributed by atoms with E-state index in [-0.39, 0.29) is 5.56 Å². The number of aromatic nitrogens is 1. The van der Waals surface area contributed by atoms with E-state index in [2.05, 4.69) is 17.6 Å². The summed E-state index contributed by atoms with van der Waals surface area (Å²) in [7, 11) is 0. The predicted octanol–water partition coefficient (Wildman–Crippen LogP) is 0.904. The van der Waals surface area contributed by atoms with Crippen molar-refractivity contribution >= 4 is 0 Å². The molecule has 2 heteroatoms. The largest absolute Gasteiger partial charge is 0.325 e. The Hall–Kier alpha value is -1.31. The van der Waals surface area contributed by atoms with Gasteiger partial charge in [-0.1, -0.05) is 6.08 Å². The van der Waals surface area contributed by atoms with Gasteiger partial charge in [0.2, 0.25) is 5.56 Å². The molecule has 2 nitrogen and oxygen atoms in total.